The van der Waals surface area contributed by atoms with Crippen molar-refractivity contribution in [2.24, 2.45) is 5.73 Å². The van der Waals surface area contributed by atoms with Gasteiger partial charge < -0.3 is 10.5 Å². The highest BCUT2D eigenvalue weighted by Crippen LogP contribution is 2.22. The van der Waals surface area contributed by atoms with Crippen molar-refractivity contribution in [1.82, 2.24) is 0 Å². The van der Waals surface area contributed by atoms with Crippen LogP contribution in [-0.2, 0) is 9.53 Å². The van der Waals surface area contributed by atoms with Crippen molar-refractivity contribution >= 4 is 5.97 Å². The van der Waals surface area contributed by atoms with Crippen LogP contribution in [0.1, 0.15) is 19.8 Å². The van der Waals surface area contributed by atoms with E-state index in [1.165, 1.54) is 6.92 Å². The summed E-state index contributed by atoms with van der Waals surface area (Å²) >= 11 is 0. The van der Waals surface area contributed by atoms with E-state index in [0.29, 0.717) is 0 Å². The van der Waals surface area contributed by atoms with Crippen LogP contribution in [0.15, 0.2) is 11.8 Å². The summed E-state index contributed by atoms with van der Waals surface area (Å²) in [5.41, 5.74) is 4.86. The lowest BCUT2D eigenvalue weighted by Gasteiger charge is -2.10. The maximum Gasteiger partial charge on any atom is 0.353 e. The molecule has 0 spiro atoms. The Labute approximate surface area is 75.6 Å². The summed E-state index contributed by atoms with van der Waals surface area (Å²) in [7, 11) is 1.14. The summed E-state index contributed by atoms with van der Waals surface area (Å²) in [5.74, 6) is -3.59. The molecule has 0 aromatic heterocycles. The molecule has 0 fully saturated rings. The average Bonchev–Trinajstić information content (AvgIpc) is 2.13. The lowest BCUT2D eigenvalue weighted by atomic mass is 10.1. The normalized spacial score (nSPS) is 12.8. The van der Waals surface area contributed by atoms with E-state index >= 15 is 0 Å². The van der Waals surface area contributed by atoms with Gasteiger partial charge in [-0.1, -0.05) is 6.92 Å². The number of carbonyl (C=O) groups excluding carboxylic acids is 1. The topological polar surface area (TPSA) is 52.3 Å². The molecular weight excluding hydrogens is 180 g/mol. The molecule has 0 saturated heterocycles. The standard InChI is InChI=1S/C8H13F2NO2/c1-3-8(9,10)5-4-6(11)7(12)13-2/h4H,3,5,11H2,1-2H3/b6-4+. The predicted octanol–water partition coefficient (Wildman–Crippen LogP) is 1.44. The van der Waals surface area contributed by atoms with Gasteiger partial charge in [-0.2, -0.15) is 0 Å². The van der Waals surface area contributed by atoms with Gasteiger partial charge in [0.2, 0.25) is 0 Å². The van der Waals surface area contributed by atoms with Crippen LogP contribution in [0.25, 0.3) is 0 Å². The first-order chi connectivity index (χ1) is 5.93. The molecule has 0 bridgehead atoms. The van der Waals surface area contributed by atoms with E-state index in [9.17, 15) is 13.6 Å². The maximum absolute atomic E-state index is 12.6. The van der Waals surface area contributed by atoms with E-state index in [0.717, 1.165) is 13.2 Å². The highest BCUT2D eigenvalue weighted by Gasteiger charge is 2.24. The van der Waals surface area contributed by atoms with E-state index in [1.54, 1.807) is 0 Å². The minimum absolute atomic E-state index is 0.280. The van der Waals surface area contributed by atoms with Crippen LogP contribution in [-0.4, -0.2) is 19.0 Å². The van der Waals surface area contributed by atoms with Gasteiger partial charge in [0.15, 0.2) is 0 Å². The number of nitrogens with two attached hydrogens (primary N) is 1. The Morgan fingerprint density at radius 2 is 2.15 bits per heavy atom. The first kappa shape index (κ1) is 11.9. The number of hydrogen-bond acceptors (Lipinski definition) is 3. The molecule has 2 N–H and O–H groups in total. The number of ether oxygens (including phenoxy) is 1. The number of alkyl halides is 2. The summed E-state index contributed by atoms with van der Waals surface area (Å²) < 4.78 is 29.5. The van der Waals surface area contributed by atoms with Gasteiger partial charge in [-0.15, -0.1) is 0 Å². The molecule has 5 heteroatoms. The Morgan fingerprint density at radius 3 is 2.54 bits per heavy atom. The molecule has 13 heavy (non-hydrogen) atoms. The summed E-state index contributed by atoms with van der Waals surface area (Å²) in [5, 5.41) is 0. The van der Waals surface area contributed by atoms with Crippen molar-refractivity contribution in [3.8, 4) is 0 Å². The van der Waals surface area contributed by atoms with Gasteiger partial charge in [-0.3, -0.25) is 0 Å². The lowest BCUT2D eigenvalue weighted by molar-refractivity contribution is -0.136. The Kier molecular flexibility index (Phi) is 4.37. The number of esters is 1. The third-order valence-corrected chi connectivity index (χ3v) is 1.56. The molecule has 0 aliphatic rings. The van der Waals surface area contributed by atoms with E-state index in [1.807, 2.05) is 0 Å². The minimum atomic E-state index is -2.81. The number of halogens is 2. The molecule has 0 rings (SSSR count). The average molecular weight is 193 g/mol. The summed E-state index contributed by atoms with van der Waals surface area (Å²) in [6.07, 6.45) is 0.164. The summed E-state index contributed by atoms with van der Waals surface area (Å²) in [6.45, 7) is 1.36. The van der Waals surface area contributed by atoms with Gasteiger partial charge in [0, 0.05) is 12.8 Å². The second-order valence-corrected chi connectivity index (χ2v) is 2.56. The monoisotopic (exact) mass is 193 g/mol. The van der Waals surface area contributed by atoms with Gasteiger partial charge in [0.05, 0.1) is 7.11 Å². The third kappa shape index (κ3) is 4.45. The fourth-order valence-electron chi connectivity index (χ4n) is 0.605. The molecule has 3 nitrogen and oxygen atoms in total. The quantitative estimate of drug-likeness (QED) is 0.543. The zero-order chi connectivity index (χ0) is 10.5. The van der Waals surface area contributed by atoms with E-state index in [2.05, 4.69) is 4.74 Å². The largest absolute Gasteiger partial charge is 0.464 e. The second-order valence-electron chi connectivity index (χ2n) is 2.56. The fraction of sp³-hybridized carbons (Fsp3) is 0.625. The van der Waals surface area contributed by atoms with Crippen LogP contribution < -0.4 is 5.73 Å². The third-order valence-electron chi connectivity index (χ3n) is 1.56. The van der Waals surface area contributed by atoms with E-state index in [-0.39, 0.29) is 12.1 Å². The van der Waals surface area contributed by atoms with Crippen LogP contribution in [0.2, 0.25) is 0 Å². The van der Waals surface area contributed by atoms with Crippen LogP contribution >= 0.6 is 0 Å². The highest BCUT2D eigenvalue weighted by molar-refractivity contribution is 5.87. The zero-order valence-electron chi connectivity index (χ0n) is 7.64. The molecule has 0 saturated carbocycles. The first-order valence-corrected chi connectivity index (χ1v) is 3.84. The van der Waals surface area contributed by atoms with E-state index < -0.39 is 18.3 Å². The Morgan fingerprint density at radius 1 is 1.62 bits per heavy atom. The van der Waals surface area contributed by atoms with Crippen molar-refractivity contribution in [2.75, 3.05) is 7.11 Å². The van der Waals surface area contributed by atoms with Gasteiger partial charge >= 0.3 is 5.97 Å². The second kappa shape index (κ2) is 4.79. The Balaban J connectivity index is 4.19. The van der Waals surface area contributed by atoms with Crippen molar-refractivity contribution < 1.29 is 18.3 Å². The molecule has 0 aromatic carbocycles. The van der Waals surface area contributed by atoms with Gasteiger partial charge in [0.1, 0.15) is 5.70 Å². The summed E-state index contributed by atoms with van der Waals surface area (Å²) in [6, 6.07) is 0. The molecule has 0 atom stereocenters. The Bertz CT molecular complexity index is 214. The van der Waals surface area contributed by atoms with Crippen LogP contribution in [0.5, 0.6) is 0 Å². The van der Waals surface area contributed by atoms with Crippen molar-refractivity contribution in [3.63, 3.8) is 0 Å². The number of hydrogen-bond donors (Lipinski definition) is 1. The molecule has 0 aliphatic carbocycles. The first-order valence-electron chi connectivity index (χ1n) is 3.84. The van der Waals surface area contributed by atoms with Gasteiger partial charge in [-0.05, 0) is 6.08 Å². The smallest absolute Gasteiger partial charge is 0.353 e. The number of rotatable bonds is 4. The molecular formula is C8H13F2NO2. The minimum Gasteiger partial charge on any atom is -0.464 e. The molecule has 0 aromatic rings. The highest BCUT2D eigenvalue weighted by atomic mass is 19.3. The number of allylic oxidation sites excluding steroid dienone is 1. The van der Waals surface area contributed by atoms with Crippen molar-refractivity contribution in [3.05, 3.63) is 11.8 Å². The van der Waals surface area contributed by atoms with Crippen LogP contribution in [0.4, 0.5) is 8.78 Å². The SMILES string of the molecule is CCC(F)(F)C/C=C(/N)C(=O)OC. The fourth-order valence-corrected chi connectivity index (χ4v) is 0.605. The van der Waals surface area contributed by atoms with Gasteiger partial charge in [-0.25, -0.2) is 13.6 Å². The molecule has 76 valence electrons. The maximum atomic E-state index is 12.6. The zero-order valence-corrected chi connectivity index (χ0v) is 7.64. The van der Waals surface area contributed by atoms with Crippen LogP contribution in [0.3, 0.4) is 0 Å². The molecule has 0 aliphatic heterocycles. The molecule has 0 unspecified atom stereocenters. The molecule has 0 amide bonds. The Hall–Kier alpha value is -1.13. The number of carbonyl (C=O) groups is 1. The van der Waals surface area contributed by atoms with Crippen molar-refractivity contribution in [1.29, 1.82) is 0 Å². The molecule has 0 radical (unpaired) electrons. The van der Waals surface area contributed by atoms with E-state index in [4.69, 9.17) is 5.73 Å². The predicted molar refractivity (Wildman–Crippen MR) is 44.1 cm³/mol. The van der Waals surface area contributed by atoms with Gasteiger partial charge in [0.25, 0.3) is 5.92 Å². The van der Waals surface area contributed by atoms with Crippen molar-refractivity contribution in [2.45, 2.75) is 25.7 Å². The lowest BCUT2D eigenvalue weighted by Crippen LogP contribution is -2.17. The number of methoxy groups -OCH3 is 1. The summed E-state index contributed by atoms with van der Waals surface area (Å²) in [4.78, 5) is 10.7. The van der Waals surface area contributed by atoms with Crippen LogP contribution in [0, 0.1) is 0 Å². The molecule has 0 heterocycles.